The monoisotopic (exact) mass is 433 g/mol. The molecular weight excluding hydrogens is 406 g/mol. The lowest BCUT2D eigenvalue weighted by Gasteiger charge is -2.35. The summed E-state index contributed by atoms with van der Waals surface area (Å²) < 4.78 is 4.99. The molecule has 0 atom stereocenters. The Bertz CT molecular complexity index is 1000. The standard InChI is InChI=1S/C23H27N7O2/c1-32-22-27-12-17(13-28-22)20-14-26-21(15-25-20)30(19-9-7-18(24)8-10-19)23(31)29-11-16-5-3-2-4-6-16/h2-6,12-15,18-19H,7-11,24H2,1H3,(H,29,31)/t18-,19-. The van der Waals surface area contributed by atoms with E-state index in [1.54, 1.807) is 29.7 Å². The zero-order valence-electron chi connectivity index (χ0n) is 18.0. The molecule has 1 saturated carbocycles. The number of nitrogens with zero attached hydrogens (tertiary/aromatic N) is 5. The van der Waals surface area contributed by atoms with Gasteiger partial charge in [0.25, 0.3) is 0 Å². The van der Waals surface area contributed by atoms with E-state index in [0.717, 1.165) is 31.2 Å². The highest BCUT2D eigenvalue weighted by molar-refractivity contribution is 5.91. The summed E-state index contributed by atoms with van der Waals surface area (Å²) in [5, 5.41) is 3.02. The van der Waals surface area contributed by atoms with Crippen molar-refractivity contribution >= 4 is 11.8 Å². The maximum absolute atomic E-state index is 13.2. The normalized spacial score (nSPS) is 18.1. The van der Waals surface area contributed by atoms with Crippen LogP contribution in [-0.2, 0) is 6.54 Å². The van der Waals surface area contributed by atoms with Gasteiger partial charge in [0, 0.05) is 36.6 Å². The first-order valence-electron chi connectivity index (χ1n) is 10.7. The van der Waals surface area contributed by atoms with Crippen LogP contribution in [0.5, 0.6) is 6.01 Å². The molecular formula is C23H27N7O2. The summed E-state index contributed by atoms with van der Waals surface area (Å²) in [5.41, 5.74) is 8.45. The Morgan fingerprint density at radius 3 is 2.38 bits per heavy atom. The summed E-state index contributed by atoms with van der Waals surface area (Å²) >= 11 is 0. The highest BCUT2D eigenvalue weighted by Gasteiger charge is 2.30. The fourth-order valence-corrected chi connectivity index (χ4v) is 3.82. The number of ether oxygens (including phenoxy) is 1. The van der Waals surface area contributed by atoms with Gasteiger partial charge in [-0.15, -0.1) is 0 Å². The van der Waals surface area contributed by atoms with Gasteiger partial charge in [0.05, 0.1) is 25.2 Å². The molecule has 0 radical (unpaired) electrons. The summed E-state index contributed by atoms with van der Waals surface area (Å²) in [6, 6.07) is 10.1. The van der Waals surface area contributed by atoms with Crippen LogP contribution in [0.4, 0.5) is 10.6 Å². The predicted octanol–water partition coefficient (Wildman–Crippen LogP) is 2.93. The number of hydrogen-bond donors (Lipinski definition) is 2. The number of rotatable bonds is 6. The average molecular weight is 434 g/mol. The summed E-state index contributed by atoms with van der Waals surface area (Å²) in [6.45, 7) is 0.442. The molecule has 2 amide bonds. The van der Waals surface area contributed by atoms with Crippen LogP contribution in [-0.4, -0.2) is 45.2 Å². The number of nitrogens with two attached hydrogens (primary N) is 1. The molecule has 4 rings (SSSR count). The average Bonchev–Trinajstić information content (AvgIpc) is 2.85. The molecule has 1 fully saturated rings. The van der Waals surface area contributed by atoms with Gasteiger partial charge in [-0.3, -0.25) is 9.88 Å². The third-order valence-corrected chi connectivity index (χ3v) is 5.60. The van der Waals surface area contributed by atoms with Gasteiger partial charge in [-0.2, -0.15) is 0 Å². The minimum atomic E-state index is -0.191. The van der Waals surface area contributed by atoms with Crippen molar-refractivity contribution in [2.75, 3.05) is 12.0 Å². The minimum Gasteiger partial charge on any atom is -0.467 e. The van der Waals surface area contributed by atoms with E-state index in [4.69, 9.17) is 10.5 Å². The number of hydrogen-bond acceptors (Lipinski definition) is 7. The summed E-state index contributed by atoms with van der Waals surface area (Å²) in [4.78, 5) is 32.2. The highest BCUT2D eigenvalue weighted by atomic mass is 16.5. The van der Waals surface area contributed by atoms with Gasteiger partial charge in [-0.1, -0.05) is 30.3 Å². The van der Waals surface area contributed by atoms with Gasteiger partial charge in [0.2, 0.25) is 0 Å². The highest BCUT2D eigenvalue weighted by Crippen LogP contribution is 2.27. The van der Waals surface area contributed by atoms with Crippen molar-refractivity contribution in [3.05, 3.63) is 60.7 Å². The number of anilines is 1. The van der Waals surface area contributed by atoms with Crippen LogP contribution in [0, 0.1) is 0 Å². The van der Waals surface area contributed by atoms with Gasteiger partial charge in [0.15, 0.2) is 5.82 Å². The third-order valence-electron chi connectivity index (χ3n) is 5.60. The SMILES string of the molecule is COc1ncc(-c2cnc(N(C(=O)NCc3ccccc3)[C@H]3CC[C@H](N)CC3)cn2)cn1. The second kappa shape index (κ2) is 10.1. The van der Waals surface area contributed by atoms with E-state index < -0.39 is 0 Å². The van der Waals surface area contributed by atoms with Gasteiger partial charge in [-0.25, -0.2) is 19.7 Å². The van der Waals surface area contributed by atoms with Crippen LogP contribution in [0.1, 0.15) is 31.2 Å². The predicted molar refractivity (Wildman–Crippen MR) is 121 cm³/mol. The molecule has 0 saturated heterocycles. The Balaban J connectivity index is 1.53. The summed E-state index contributed by atoms with van der Waals surface area (Å²) in [6.07, 6.45) is 9.92. The van der Waals surface area contributed by atoms with Crippen LogP contribution >= 0.6 is 0 Å². The number of carbonyl (C=O) groups is 1. The third kappa shape index (κ3) is 5.17. The van der Waals surface area contributed by atoms with Crippen molar-refractivity contribution in [1.82, 2.24) is 25.3 Å². The van der Waals surface area contributed by atoms with Gasteiger partial charge in [0.1, 0.15) is 0 Å². The van der Waals surface area contributed by atoms with Crippen molar-refractivity contribution in [3.63, 3.8) is 0 Å². The zero-order valence-corrected chi connectivity index (χ0v) is 18.0. The molecule has 1 aliphatic carbocycles. The molecule has 0 bridgehead atoms. The minimum absolute atomic E-state index is 0.0232. The first-order chi connectivity index (χ1) is 15.6. The molecule has 32 heavy (non-hydrogen) atoms. The Kier molecular flexibility index (Phi) is 6.86. The van der Waals surface area contributed by atoms with Crippen molar-refractivity contribution in [2.45, 2.75) is 44.3 Å². The molecule has 9 heteroatoms. The second-order valence-corrected chi connectivity index (χ2v) is 7.80. The number of benzene rings is 1. The van der Waals surface area contributed by atoms with E-state index in [0.29, 0.717) is 23.6 Å². The maximum Gasteiger partial charge on any atom is 0.323 e. The van der Waals surface area contributed by atoms with Gasteiger partial charge in [-0.05, 0) is 31.2 Å². The number of amides is 2. The van der Waals surface area contributed by atoms with Crippen molar-refractivity contribution in [1.29, 1.82) is 0 Å². The molecule has 9 nitrogen and oxygen atoms in total. The lowest BCUT2D eigenvalue weighted by molar-refractivity contribution is 0.239. The van der Waals surface area contributed by atoms with E-state index in [9.17, 15) is 4.79 Å². The number of carbonyl (C=O) groups excluding carboxylic acids is 1. The lowest BCUT2D eigenvalue weighted by Crippen LogP contribution is -2.49. The number of methoxy groups -OCH3 is 1. The first-order valence-corrected chi connectivity index (χ1v) is 10.7. The Morgan fingerprint density at radius 1 is 1.03 bits per heavy atom. The Hall–Kier alpha value is -3.59. The van der Waals surface area contributed by atoms with Gasteiger partial charge < -0.3 is 15.8 Å². The van der Waals surface area contributed by atoms with Crippen LogP contribution in [0.2, 0.25) is 0 Å². The maximum atomic E-state index is 13.2. The molecule has 3 N–H and O–H groups in total. The fraction of sp³-hybridized carbons (Fsp3) is 0.348. The summed E-state index contributed by atoms with van der Waals surface area (Å²) in [5.74, 6) is 0.509. The van der Waals surface area contributed by atoms with Crippen LogP contribution in [0.15, 0.2) is 55.1 Å². The molecule has 3 aromatic rings. The van der Waals surface area contributed by atoms with E-state index in [1.165, 1.54) is 7.11 Å². The van der Waals surface area contributed by atoms with Crippen LogP contribution in [0.25, 0.3) is 11.3 Å². The van der Waals surface area contributed by atoms with Crippen molar-refractivity contribution in [3.8, 4) is 17.3 Å². The van der Waals surface area contributed by atoms with E-state index in [2.05, 4.69) is 25.3 Å². The molecule has 1 aliphatic rings. The molecule has 2 heterocycles. The Morgan fingerprint density at radius 2 is 1.75 bits per heavy atom. The molecule has 2 aromatic heterocycles. The van der Waals surface area contributed by atoms with E-state index in [-0.39, 0.29) is 24.1 Å². The van der Waals surface area contributed by atoms with Crippen LogP contribution in [0.3, 0.4) is 0 Å². The largest absolute Gasteiger partial charge is 0.467 e. The lowest BCUT2D eigenvalue weighted by atomic mass is 9.91. The zero-order chi connectivity index (χ0) is 22.3. The number of aromatic nitrogens is 4. The number of urea groups is 1. The van der Waals surface area contributed by atoms with E-state index in [1.807, 2.05) is 30.3 Å². The van der Waals surface area contributed by atoms with Crippen molar-refractivity contribution in [2.24, 2.45) is 5.73 Å². The number of nitrogens with one attached hydrogen (secondary N) is 1. The summed E-state index contributed by atoms with van der Waals surface area (Å²) in [7, 11) is 1.51. The Labute approximate surface area is 187 Å². The molecule has 0 spiro atoms. The smallest absolute Gasteiger partial charge is 0.323 e. The molecule has 1 aromatic carbocycles. The van der Waals surface area contributed by atoms with Gasteiger partial charge >= 0.3 is 12.0 Å². The van der Waals surface area contributed by atoms with E-state index >= 15 is 0 Å². The first kappa shape index (κ1) is 21.6. The molecule has 0 unspecified atom stereocenters. The fourth-order valence-electron chi connectivity index (χ4n) is 3.82. The van der Waals surface area contributed by atoms with Crippen LogP contribution < -0.4 is 20.7 Å². The molecule has 0 aliphatic heterocycles. The quantitative estimate of drug-likeness (QED) is 0.613. The topological polar surface area (TPSA) is 119 Å². The van der Waals surface area contributed by atoms with Crippen molar-refractivity contribution < 1.29 is 9.53 Å². The molecule has 166 valence electrons. The second-order valence-electron chi connectivity index (χ2n) is 7.80.